The van der Waals surface area contributed by atoms with Crippen LogP contribution in [0.3, 0.4) is 0 Å². The second kappa shape index (κ2) is 6.70. The molecule has 0 aliphatic rings. The molecule has 0 amide bonds. The van der Waals surface area contributed by atoms with Crippen LogP contribution in [0.2, 0.25) is 0 Å². The number of methoxy groups -OCH3 is 2. The van der Waals surface area contributed by atoms with Gasteiger partial charge in [0.2, 0.25) is 5.89 Å². The van der Waals surface area contributed by atoms with Crippen molar-refractivity contribution in [3.8, 4) is 23.0 Å². The zero-order valence-corrected chi connectivity index (χ0v) is 14.1. The minimum absolute atomic E-state index is 0.317. The lowest BCUT2D eigenvalue weighted by atomic mass is 10.2. The van der Waals surface area contributed by atoms with Gasteiger partial charge in [-0.05, 0) is 42.5 Å². The molecule has 0 saturated carbocycles. The first-order chi connectivity index (χ1) is 11.2. The average molecular weight is 376 g/mol. The van der Waals surface area contributed by atoms with E-state index in [4.69, 9.17) is 13.9 Å². The third kappa shape index (κ3) is 3.45. The minimum Gasteiger partial charge on any atom is -0.493 e. The van der Waals surface area contributed by atoms with Crippen molar-refractivity contribution in [3.05, 3.63) is 46.9 Å². The van der Waals surface area contributed by atoms with Crippen LogP contribution in [0.4, 0.5) is 11.7 Å². The lowest BCUT2D eigenvalue weighted by Gasteiger charge is -2.07. The van der Waals surface area contributed by atoms with E-state index in [9.17, 15) is 0 Å². The number of nitrogens with zero attached hydrogens (tertiary/aromatic N) is 2. The first kappa shape index (κ1) is 15.4. The summed E-state index contributed by atoms with van der Waals surface area (Å²) in [4.78, 5) is 0. The Kier molecular flexibility index (Phi) is 4.47. The Morgan fingerprint density at radius 2 is 1.70 bits per heavy atom. The van der Waals surface area contributed by atoms with Gasteiger partial charge in [0.25, 0.3) is 0 Å². The number of benzene rings is 2. The van der Waals surface area contributed by atoms with Crippen molar-refractivity contribution in [2.45, 2.75) is 0 Å². The Balaban J connectivity index is 1.82. The molecule has 3 rings (SSSR count). The SMILES string of the molecule is COc1ccc(-c2nnc(Nc3ccc(Br)cc3)o2)cc1OC. The number of halogens is 1. The number of nitrogens with one attached hydrogen (secondary N) is 1. The molecule has 0 radical (unpaired) electrons. The molecule has 118 valence electrons. The summed E-state index contributed by atoms with van der Waals surface area (Å²) < 4.78 is 17.1. The molecule has 23 heavy (non-hydrogen) atoms. The largest absolute Gasteiger partial charge is 0.493 e. The number of hydrogen-bond donors (Lipinski definition) is 1. The van der Waals surface area contributed by atoms with Crippen LogP contribution in [0.5, 0.6) is 11.5 Å². The van der Waals surface area contributed by atoms with Crippen molar-refractivity contribution in [1.82, 2.24) is 10.2 Å². The summed E-state index contributed by atoms with van der Waals surface area (Å²) in [5.74, 6) is 1.64. The third-order valence-corrected chi connectivity index (χ3v) is 3.68. The average Bonchev–Trinajstić information content (AvgIpc) is 3.05. The maximum atomic E-state index is 5.64. The molecule has 1 heterocycles. The number of aromatic nitrogens is 2. The van der Waals surface area contributed by atoms with E-state index in [0.717, 1.165) is 15.7 Å². The fraction of sp³-hybridized carbons (Fsp3) is 0.125. The van der Waals surface area contributed by atoms with Gasteiger partial charge in [-0.2, -0.15) is 0 Å². The summed E-state index contributed by atoms with van der Waals surface area (Å²) in [7, 11) is 3.17. The van der Waals surface area contributed by atoms with Gasteiger partial charge in [0, 0.05) is 15.7 Å². The van der Waals surface area contributed by atoms with E-state index in [1.165, 1.54) is 0 Å². The van der Waals surface area contributed by atoms with E-state index in [1.807, 2.05) is 30.3 Å². The Bertz CT molecular complexity index is 803. The van der Waals surface area contributed by atoms with Gasteiger partial charge in [0.15, 0.2) is 11.5 Å². The summed E-state index contributed by atoms with van der Waals surface area (Å²) in [5, 5.41) is 11.1. The fourth-order valence-electron chi connectivity index (χ4n) is 2.02. The predicted molar refractivity (Wildman–Crippen MR) is 90.3 cm³/mol. The molecule has 1 N–H and O–H groups in total. The van der Waals surface area contributed by atoms with Gasteiger partial charge in [-0.3, -0.25) is 0 Å². The van der Waals surface area contributed by atoms with Gasteiger partial charge >= 0.3 is 6.01 Å². The maximum Gasteiger partial charge on any atom is 0.320 e. The summed E-state index contributed by atoms with van der Waals surface area (Å²) in [6.45, 7) is 0. The summed E-state index contributed by atoms with van der Waals surface area (Å²) in [5.41, 5.74) is 1.61. The minimum atomic E-state index is 0.317. The van der Waals surface area contributed by atoms with E-state index in [1.54, 1.807) is 26.4 Å². The quantitative estimate of drug-likeness (QED) is 0.718. The Morgan fingerprint density at radius 1 is 0.957 bits per heavy atom. The van der Waals surface area contributed by atoms with Crippen LogP contribution in [-0.4, -0.2) is 24.4 Å². The van der Waals surface area contributed by atoms with Crippen molar-refractivity contribution in [3.63, 3.8) is 0 Å². The molecule has 0 bridgehead atoms. The second-order valence-electron chi connectivity index (χ2n) is 4.61. The molecule has 1 aromatic heterocycles. The van der Waals surface area contributed by atoms with Crippen molar-refractivity contribution in [1.29, 1.82) is 0 Å². The number of hydrogen-bond acceptors (Lipinski definition) is 6. The van der Waals surface area contributed by atoms with Crippen LogP contribution in [0, 0.1) is 0 Å². The third-order valence-electron chi connectivity index (χ3n) is 3.15. The normalized spacial score (nSPS) is 10.4. The van der Waals surface area contributed by atoms with Crippen LogP contribution in [0.1, 0.15) is 0 Å². The molecule has 0 aliphatic carbocycles. The van der Waals surface area contributed by atoms with Crippen molar-refractivity contribution in [2.75, 3.05) is 19.5 Å². The van der Waals surface area contributed by atoms with E-state index in [2.05, 4.69) is 31.4 Å². The molecule has 6 nitrogen and oxygen atoms in total. The van der Waals surface area contributed by atoms with E-state index >= 15 is 0 Å². The molecule has 3 aromatic rings. The van der Waals surface area contributed by atoms with Crippen molar-refractivity contribution >= 4 is 27.6 Å². The van der Waals surface area contributed by atoms with Gasteiger partial charge in [-0.1, -0.05) is 21.0 Å². The first-order valence-corrected chi connectivity index (χ1v) is 7.57. The highest BCUT2D eigenvalue weighted by Crippen LogP contribution is 2.32. The predicted octanol–water partition coefficient (Wildman–Crippen LogP) is 4.26. The van der Waals surface area contributed by atoms with Crippen LogP contribution in [0.15, 0.2) is 51.4 Å². The molecular weight excluding hydrogens is 362 g/mol. The molecule has 0 fully saturated rings. The number of ether oxygens (including phenoxy) is 2. The standard InChI is InChI=1S/C16H14BrN3O3/c1-21-13-8-3-10(9-14(13)22-2)15-19-20-16(23-15)18-12-6-4-11(17)5-7-12/h3-9H,1-2H3,(H,18,20). The summed E-state index contributed by atoms with van der Waals surface area (Å²) >= 11 is 3.39. The van der Waals surface area contributed by atoms with E-state index in [-0.39, 0.29) is 0 Å². The van der Waals surface area contributed by atoms with E-state index < -0.39 is 0 Å². The van der Waals surface area contributed by atoms with Gasteiger partial charge in [-0.15, -0.1) is 5.10 Å². The highest BCUT2D eigenvalue weighted by atomic mass is 79.9. The molecule has 0 unspecified atom stereocenters. The second-order valence-corrected chi connectivity index (χ2v) is 5.53. The fourth-order valence-corrected chi connectivity index (χ4v) is 2.28. The van der Waals surface area contributed by atoms with Crippen LogP contribution >= 0.6 is 15.9 Å². The summed E-state index contributed by atoms with van der Waals surface area (Å²) in [6.07, 6.45) is 0. The number of rotatable bonds is 5. The molecule has 0 atom stereocenters. The van der Waals surface area contributed by atoms with Gasteiger partial charge in [0.05, 0.1) is 14.2 Å². The Labute approximate surface area is 141 Å². The van der Waals surface area contributed by atoms with Crippen LogP contribution in [0.25, 0.3) is 11.5 Å². The van der Waals surface area contributed by atoms with Gasteiger partial charge in [0.1, 0.15) is 0 Å². The topological polar surface area (TPSA) is 69.4 Å². The lowest BCUT2D eigenvalue weighted by Crippen LogP contribution is -1.90. The Morgan fingerprint density at radius 3 is 2.39 bits per heavy atom. The monoisotopic (exact) mass is 375 g/mol. The van der Waals surface area contributed by atoms with Gasteiger partial charge < -0.3 is 19.2 Å². The highest BCUT2D eigenvalue weighted by molar-refractivity contribution is 9.10. The zero-order chi connectivity index (χ0) is 16.2. The van der Waals surface area contributed by atoms with Crippen LogP contribution < -0.4 is 14.8 Å². The van der Waals surface area contributed by atoms with Crippen molar-refractivity contribution in [2.24, 2.45) is 0 Å². The molecule has 0 aliphatic heterocycles. The smallest absolute Gasteiger partial charge is 0.320 e. The van der Waals surface area contributed by atoms with Crippen molar-refractivity contribution < 1.29 is 13.9 Å². The molecule has 0 spiro atoms. The zero-order valence-electron chi connectivity index (χ0n) is 12.5. The van der Waals surface area contributed by atoms with Gasteiger partial charge in [-0.25, -0.2) is 0 Å². The highest BCUT2D eigenvalue weighted by Gasteiger charge is 2.12. The maximum absolute atomic E-state index is 5.64. The summed E-state index contributed by atoms with van der Waals surface area (Å²) in [6, 6.07) is 13.4. The molecular formula is C16H14BrN3O3. The molecule has 7 heteroatoms. The van der Waals surface area contributed by atoms with Crippen LogP contribution in [-0.2, 0) is 0 Å². The molecule has 2 aromatic carbocycles. The molecule has 0 saturated heterocycles. The lowest BCUT2D eigenvalue weighted by molar-refractivity contribution is 0.355. The Hall–Kier alpha value is -2.54. The van der Waals surface area contributed by atoms with E-state index in [0.29, 0.717) is 23.4 Å². The number of anilines is 2. The first-order valence-electron chi connectivity index (χ1n) is 6.78.